The first-order valence-corrected chi connectivity index (χ1v) is 4.02. The minimum absolute atomic E-state index is 0.229. The van der Waals surface area contributed by atoms with Gasteiger partial charge in [0.05, 0.1) is 10.7 Å². The van der Waals surface area contributed by atoms with Crippen LogP contribution in [-0.4, -0.2) is 6.18 Å². The second kappa shape index (κ2) is 3.69. The molecule has 7 heteroatoms. The Morgan fingerprint density at radius 3 is 2.46 bits per heavy atom. The van der Waals surface area contributed by atoms with Crippen LogP contribution in [0.1, 0.15) is 11.8 Å². The predicted molar refractivity (Wildman–Crippen MR) is 42.5 cm³/mol. The van der Waals surface area contributed by atoms with E-state index in [2.05, 4.69) is 20.3 Å². The molecule has 0 spiro atoms. The van der Waals surface area contributed by atoms with Crippen LogP contribution in [0.25, 0.3) is 0 Å². The first-order chi connectivity index (χ1) is 5.96. The summed E-state index contributed by atoms with van der Waals surface area (Å²) >= 11 is 2.91. The van der Waals surface area contributed by atoms with Crippen molar-refractivity contribution in [3.8, 4) is 0 Å². The Hall–Kier alpha value is -0.530. The van der Waals surface area contributed by atoms with Gasteiger partial charge in [-0.3, -0.25) is 5.84 Å². The zero-order valence-corrected chi connectivity index (χ0v) is 7.82. The van der Waals surface area contributed by atoms with Gasteiger partial charge in [-0.2, -0.15) is 13.2 Å². The molecule has 3 nitrogen and oxygen atoms in total. The van der Waals surface area contributed by atoms with Crippen molar-refractivity contribution in [1.82, 2.24) is 5.43 Å². The van der Waals surface area contributed by atoms with Crippen LogP contribution in [0, 0.1) is 0 Å². The van der Waals surface area contributed by atoms with Gasteiger partial charge >= 0.3 is 6.18 Å². The van der Waals surface area contributed by atoms with Gasteiger partial charge in [0, 0.05) is 0 Å². The van der Waals surface area contributed by atoms with Crippen molar-refractivity contribution in [2.75, 3.05) is 0 Å². The van der Waals surface area contributed by atoms with E-state index in [0.29, 0.717) is 0 Å². The van der Waals surface area contributed by atoms with Crippen LogP contribution in [-0.2, 0) is 0 Å². The molecular weight excluding hydrogens is 253 g/mol. The van der Waals surface area contributed by atoms with Crippen LogP contribution in [0.15, 0.2) is 21.2 Å². The van der Waals surface area contributed by atoms with Crippen molar-refractivity contribution in [2.24, 2.45) is 5.84 Å². The summed E-state index contributed by atoms with van der Waals surface area (Å²) in [5, 5.41) is 0. The van der Waals surface area contributed by atoms with Gasteiger partial charge in [0.2, 0.25) is 0 Å². The summed E-state index contributed by atoms with van der Waals surface area (Å²) in [7, 11) is 0. The number of rotatable bonds is 2. The Bertz CT molecular complexity index is 286. The number of hydrogen-bond donors (Lipinski definition) is 2. The summed E-state index contributed by atoms with van der Waals surface area (Å²) in [5.74, 6) is 4.49. The third kappa shape index (κ3) is 2.23. The highest BCUT2D eigenvalue weighted by Crippen LogP contribution is 2.35. The maximum absolute atomic E-state index is 12.2. The smallest absolute Gasteiger partial charge is 0.412 e. The lowest BCUT2D eigenvalue weighted by Crippen LogP contribution is -2.38. The number of alkyl halides is 3. The lowest BCUT2D eigenvalue weighted by Gasteiger charge is -2.17. The van der Waals surface area contributed by atoms with Crippen LogP contribution in [0.3, 0.4) is 0 Å². The number of hydrazine groups is 1. The van der Waals surface area contributed by atoms with Gasteiger partial charge in [-0.1, -0.05) is 0 Å². The van der Waals surface area contributed by atoms with Crippen molar-refractivity contribution >= 4 is 15.9 Å². The van der Waals surface area contributed by atoms with Crippen molar-refractivity contribution in [3.63, 3.8) is 0 Å². The van der Waals surface area contributed by atoms with Gasteiger partial charge in [0.1, 0.15) is 5.76 Å². The normalized spacial score (nSPS) is 14.5. The van der Waals surface area contributed by atoms with E-state index in [0.717, 1.165) is 6.26 Å². The second-order valence-electron chi connectivity index (χ2n) is 2.27. The molecule has 1 heterocycles. The fraction of sp³-hybridized carbons (Fsp3) is 0.333. The molecule has 0 aliphatic carbocycles. The fourth-order valence-corrected chi connectivity index (χ4v) is 1.26. The molecule has 0 saturated heterocycles. The molecule has 3 N–H and O–H groups in total. The molecule has 1 rings (SSSR count). The molecular formula is C6H6BrF3N2O. The van der Waals surface area contributed by atoms with Gasteiger partial charge in [0.25, 0.3) is 0 Å². The summed E-state index contributed by atoms with van der Waals surface area (Å²) in [6.45, 7) is 0. The van der Waals surface area contributed by atoms with E-state index in [-0.39, 0.29) is 10.2 Å². The third-order valence-electron chi connectivity index (χ3n) is 1.40. The third-order valence-corrected chi connectivity index (χ3v) is 2.06. The maximum Gasteiger partial charge on any atom is 0.412 e. The molecule has 0 aromatic carbocycles. The molecule has 13 heavy (non-hydrogen) atoms. The summed E-state index contributed by atoms with van der Waals surface area (Å²) in [6.07, 6.45) is -3.33. The van der Waals surface area contributed by atoms with Crippen LogP contribution in [0.5, 0.6) is 0 Å². The SMILES string of the molecule is NNC(c1occc1Br)C(F)(F)F. The van der Waals surface area contributed by atoms with Gasteiger partial charge in [-0.15, -0.1) is 0 Å². The summed E-state index contributed by atoms with van der Waals surface area (Å²) < 4.78 is 41.6. The largest absolute Gasteiger partial charge is 0.466 e. The zero-order valence-electron chi connectivity index (χ0n) is 6.23. The molecule has 0 aliphatic rings. The highest BCUT2D eigenvalue weighted by molar-refractivity contribution is 9.10. The van der Waals surface area contributed by atoms with Crippen LogP contribution < -0.4 is 11.3 Å². The van der Waals surface area contributed by atoms with Crippen molar-refractivity contribution in [1.29, 1.82) is 0 Å². The van der Waals surface area contributed by atoms with Gasteiger partial charge in [-0.05, 0) is 22.0 Å². The topological polar surface area (TPSA) is 51.2 Å². The standard InChI is InChI=1S/C6H6BrF3N2O/c7-3-1-2-13-4(3)5(12-11)6(8,9)10/h1-2,5,12H,11H2. The zero-order chi connectivity index (χ0) is 10.1. The highest BCUT2D eigenvalue weighted by atomic mass is 79.9. The number of halogens is 4. The van der Waals surface area contributed by atoms with Gasteiger partial charge < -0.3 is 4.42 Å². The average molecular weight is 259 g/mol. The van der Waals surface area contributed by atoms with Crippen molar-refractivity contribution in [2.45, 2.75) is 12.2 Å². The summed E-state index contributed by atoms with van der Waals surface area (Å²) in [5.41, 5.74) is 1.64. The quantitative estimate of drug-likeness (QED) is 0.631. The highest BCUT2D eigenvalue weighted by Gasteiger charge is 2.43. The molecule has 0 radical (unpaired) electrons. The molecule has 0 amide bonds. The van der Waals surface area contributed by atoms with Crippen LogP contribution >= 0.6 is 15.9 Å². The van der Waals surface area contributed by atoms with E-state index < -0.39 is 12.2 Å². The molecule has 0 bridgehead atoms. The van der Waals surface area contributed by atoms with Crippen molar-refractivity contribution < 1.29 is 17.6 Å². The Morgan fingerprint density at radius 1 is 1.54 bits per heavy atom. The number of nitrogens with two attached hydrogens (primary N) is 1. The Morgan fingerprint density at radius 2 is 2.15 bits per heavy atom. The molecule has 0 fully saturated rings. The van der Waals surface area contributed by atoms with E-state index in [1.807, 2.05) is 0 Å². The number of hydrogen-bond acceptors (Lipinski definition) is 3. The molecule has 74 valence electrons. The lowest BCUT2D eigenvalue weighted by atomic mass is 10.2. The molecule has 1 unspecified atom stereocenters. The van der Waals surface area contributed by atoms with Crippen molar-refractivity contribution in [3.05, 3.63) is 22.6 Å². The minimum Gasteiger partial charge on any atom is -0.466 e. The minimum atomic E-state index is -4.48. The Labute approximate surface area is 80.2 Å². The average Bonchev–Trinajstić information content (AvgIpc) is 2.35. The van der Waals surface area contributed by atoms with E-state index >= 15 is 0 Å². The Balaban J connectivity index is 2.98. The lowest BCUT2D eigenvalue weighted by molar-refractivity contribution is -0.161. The van der Waals surface area contributed by atoms with E-state index in [9.17, 15) is 13.2 Å². The van der Waals surface area contributed by atoms with E-state index in [1.54, 1.807) is 5.43 Å². The van der Waals surface area contributed by atoms with E-state index in [4.69, 9.17) is 5.84 Å². The van der Waals surface area contributed by atoms with Crippen LogP contribution in [0.2, 0.25) is 0 Å². The van der Waals surface area contributed by atoms with Gasteiger partial charge in [-0.25, -0.2) is 5.43 Å². The molecule has 1 atom stereocenters. The number of furan rings is 1. The molecule has 0 saturated carbocycles. The van der Waals surface area contributed by atoms with Crippen LogP contribution in [0.4, 0.5) is 13.2 Å². The first kappa shape index (κ1) is 10.6. The molecule has 1 aromatic heterocycles. The van der Waals surface area contributed by atoms with E-state index in [1.165, 1.54) is 6.07 Å². The fourth-order valence-electron chi connectivity index (χ4n) is 0.830. The maximum atomic E-state index is 12.2. The Kier molecular flexibility index (Phi) is 2.99. The molecule has 0 aliphatic heterocycles. The summed E-state index contributed by atoms with van der Waals surface area (Å²) in [6, 6.07) is -0.623. The predicted octanol–water partition coefficient (Wildman–Crippen LogP) is 2.11. The second-order valence-corrected chi connectivity index (χ2v) is 3.13. The van der Waals surface area contributed by atoms with Gasteiger partial charge in [0.15, 0.2) is 6.04 Å². The molecule has 1 aromatic rings. The number of nitrogens with one attached hydrogen (secondary N) is 1. The monoisotopic (exact) mass is 258 g/mol. The first-order valence-electron chi connectivity index (χ1n) is 3.22. The summed E-state index contributed by atoms with van der Waals surface area (Å²) in [4.78, 5) is 0.